The Labute approximate surface area is 180 Å². The molecule has 2 heterocycles. The molecule has 1 aromatic carbocycles. The first kappa shape index (κ1) is 19.5. The van der Waals surface area contributed by atoms with Crippen molar-refractivity contribution in [2.75, 3.05) is 0 Å². The van der Waals surface area contributed by atoms with Crippen LogP contribution >= 0.6 is 0 Å². The second-order valence-corrected chi connectivity index (χ2v) is 9.28. The summed E-state index contributed by atoms with van der Waals surface area (Å²) in [5.41, 5.74) is 11.1. The number of hydrazone groups is 1. The maximum atomic E-state index is 4.87. The molecule has 2 aromatic rings. The van der Waals surface area contributed by atoms with Crippen molar-refractivity contribution < 1.29 is 0 Å². The Morgan fingerprint density at radius 3 is 2.43 bits per heavy atom. The molecule has 0 bridgehead atoms. The highest BCUT2D eigenvalue weighted by Crippen LogP contribution is 2.37. The molecule has 5 rings (SSSR count). The average molecular weight is 400 g/mol. The number of nitrogens with zero attached hydrogens (tertiary/aromatic N) is 2. The number of benzene rings is 1. The summed E-state index contributed by atoms with van der Waals surface area (Å²) in [5, 5.41) is 4.87. The van der Waals surface area contributed by atoms with E-state index in [0.717, 1.165) is 23.7 Å². The van der Waals surface area contributed by atoms with Gasteiger partial charge in [0.15, 0.2) is 0 Å². The maximum Gasteiger partial charge on any atom is 0.0935 e. The number of pyridine rings is 1. The van der Waals surface area contributed by atoms with Gasteiger partial charge in [-0.25, -0.2) is 0 Å². The van der Waals surface area contributed by atoms with Gasteiger partial charge in [0.1, 0.15) is 0 Å². The number of hydrogen-bond acceptors (Lipinski definition) is 3. The molecule has 1 aromatic heterocycles. The summed E-state index contributed by atoms with van der Waals surface area (Å²) in [6, 6.07) is 15.5. The van der Waals surface area contributed by atoms with Crippen LogP contribution in [0, 0.1) is 11.8 Å². The van der Waals surface area contributed by atoms with Crippen molar-refractivity contribution in [3.8, 4) is 0 Å². The SMILES string of the molecule is c1ccc(C2=NNC(c3ccc(CC4CCCC4)cc3)=C3CCCCCCC23)nc1. The lowest BCUT2D eigenvalue weighted by Crippen LogP contribution is -2.30. The van der Waals surface area contributed by atoms with Crippen LogP contribution in [0.4, 0.5) is 0 Å². The minimum Gasteiger partial charge on any atom is -0.278 e. The van der Waals surface area contributed by atoms with Crippen molar-refractivity contribution in [1.29, 1.82) is 0 Å². The molecule has 2 aliphatic carbocycles. The van der Waals surface area contributed by atoms with E-state index in [-0.39, 0.29) is 0 Å². The largest absolute Gasteiger partial charge is 0.278 e. The molecule has 0 amide bonds. The molecular formula is C27H33N3. The molecule has 3 nitrogen and oxygen atoms in total. The number of allylic oxidation sites excluding steroid dienone is 1. The van der Waals surface area contributed by atoms with Crippen molar-refractivity contribution in [2.24, 2.45) is 16.9 Å². The zero-order chi connectivity index (χ0) is 20.2. The van der Waals surface area contributed by atoms with E-state index >= 15 is 0 Å². The highest BCUT2D eigenvalue weighted by atomic mass is 15.3. The first-order valence-corrected chi connectivity index (χ1v) is 12.0. The zero-order valence-corrected chi connectivity index (χ0v) is 17.9. The Balaban J connectivity index is 1.43. The van der Waals surface area contributed by atoms with Crippen molar-refractivity contribution in [1.82, 2.24) is 10.4 Å². The van der Waals surface area contributed by atoms with Gasteiger partial charge in [-0.15, -0.1) is 0 Å². The van der Waals surface area contributed by atoms with Gasteiger partial charge < -0.3 is 0 Å². The van der Waals surface area contributed by atoms with Crippen molar-refractivity contribution in [3.63, 3.8) is 0 Å². The minimum atomic E-state index is 0.384. The molecule has 0 spiro atoms. The smallest absolute Gasteiger partial charge is 0.0935 e. The number of hydrogen-bond donors (Lipinski definition) is 1. The van der Waals surface area contributed by atoms with Crippen molar-refractivity contribution in [2.45, 2.75) is 70.6 Å². The Morgan fingerprint density at radius 1 is 0.833 bits per heavy atom. The molecule has 2 saturated carbocycles. The third-order valence-corrected chi connectivity index (χ3v) is 7.22. The highest BCUT2D eigenvalue weighted by Gasteiger charge is 2.30. The van der Waals surface area contributed by atoms with Gasteiger partial charge in [-0.3, -0.25) is 10.4 Å². The average Bonchev–Trinajstić information content (AvgIpc) is 3.28. The van der Waals surface area contributed by atoms with Gasteiger partial charge in [-0.1, -0.05) is 75.3 Å². The third kappa shape index (κ3) is 4.21. The summed E-state index contributed by atoms with van der Waals surface area (Å²) in [6.45, 7) is 0. The summed E-state index contributed by atoms with van der Waals surface area (Å²) < 4.78 is 0. The van der Waals surface area contributed by atoms with Crippen LogP contribution in [-0.2, 0) is 6.42 Å². The number of aromatic nitrogens is 1. The summed E-state index contributed by atoms with van der Waals surface area (Å²) in [6.07, 6.45) is 16.3. The summed E-state index contributed by atoms with van der Waals surface area (Å²) in [7, 11) is 0. The quantitative estimate of drug-likeness (QED) is 0.637. The summed E-state index contributed by atoms with van der Waals surface area (Å²) >= 11 is 0. The van der Waals surface area contributed by atoms with E-state index in [2.05, 4.69) is 46.8 Å². The van der Waals surface area contributed by atoms with Crippen molar-refractivity contribution in [3.05, 3.63) is 71.1 Å². The van der Waals surface area contributed by atoms with Crippen LogP contribution in [0.2, 0.25) is 0 Å². The van der Waals surface area contributed by atoms with Gasteiger partial charge in [-0.2, -0.15) is 5.10 Å². The lowest BCUT2D eigenvalue weighted by Gasteiger charge is -2.31. The standard InChI is InChI=1S/C27H33N3/c1-2-4-12-24-23(11-3-1)26(29-30-27(24)25-13-7-8-18-28-25)22-16-14-21(15-17-22)19-20-9-5-6-10-20/h7-8,13-18,20,24,29H,1-6,9-12,19H2. The molecule has 0 radical (unpaired) electrons. The van der Waals surface area contributed by atoms with E-state index in [4.69, 9.17) is 5.10 Å². The second-order valence-electron chi connectivity index (χ2n) is 9.28. The van der Waals surface area contributed by atoms with E-state index in [9.17, 15) is 0 Å². The molecular weight excluding hydrogens is 366 g/mol. The fourth-order valence-electron chi connectivity index (χ4n) is 5.59. The normalized spacial score (nSPS) is 22.7. The van der Waals surface area contributed by atoms with E-state index in [1.54, 1.807) is 0 Å². The maximum absolute atomic E-state index is 4.87. The number of fused-ring (bicyclic) bond motifs is 1. The second kappa shape index (κ2) is 9.16. The lowest BCUT2D eigenvalue weighted by molar-refractivity contribution is 0.521. The molecule has 1 N–H and O–H groups in total. The number of rotatable bonds is 4. The number of nitrogens with one attached hydrogen (secondary N) is 1. The van der Waals surface area contributed by atoms with E-state index in [1.165, 1.54) is 86.6 Å². The van der Waals surface area contributed by atoms with Gasteiger partial charge in [0.05, 0.1) is 17.1 Å². The summed E-state index contributed by atoms with van der Waals surface area (Å²) in [5.74, 6) is 1.28. The van der Waals surface area contributed by atoms with Crippen LogP contribution in [0.25, 0.3) is 5.70 Å². The Bertz CT molecular complexity index is 905. The van der Waals surface area contributed by atoms with Crippen LogP contribution < -0.4 is 5.43 Å². The van der Waals surface area contributed by atoms with E-state index < -0.39 is 0 Å². The monoisotopic (exact) mass is 399 g/mol. The first-order chi connectivity index (χ1) is 14.9. The molecule has 1 unspecified atom stereocenters. The highest BCUT2D eigenvalue weighted by molar-refractivity contribution is 6.04. The van der Waals surface area contributed by atoms with Crippen molar-refractivity contribution >= 4 is 11.4 Å². The third-order valence-electron chi connectivity index (χ3n) is 7.22. The predicted molar refractivity (Wildman–Crippen MR) is 124 cm³/mol. The van der Waals surface area contributed by atoms with Crippen LogP contribution in [0.5, 0.6) is 0 Å². The first-order valence-electron chi connectivity index (χ1n) is 12.0. The fraction of sp³-hybridized carbons (Fsp3) is 0.481. The Hall–Kier alpha value is -2.42. The molecule has 2 fully saturated rings. The zero-order valence-electron chi connectivity index (χ0n) is 17.9. The van der Waals surface area contributed by atoms with Gasteiger partial charge in [-0.05, 0) is 60.4 Å². The molecule has 3 aliphatic rings. The molecule has 1 atom stereocenters. The van der Waals surface area contributed by atoms with Crippen LogP contribution in [0.1, 0.15) is 81.0 Å². The van der Waals surface area contributed by atoms with Crippen LogP contribution in [0.3, 0.4) is 0 Å². The lowest BCUT2D eigenvalue weighted by atomic mass is 9.79. The summed E-state index contributed by atoms with van der Waals surface area (Å²) in [4.78, 5) is 4.61. The van der Waals surface area contributed by atoms with Gasteiger partial charge in [0, 0.05) is 12.1 Å². The van der Waals surface area contributed by atoms with E-state index in [1.807, 2.05) is 12.3 Å². The minimum absolute atomic E-state index is 0.384. The molecule has 1 aliphatic heterocycles. The Kier molecular flexibility index (Phi) is 5.96. The molecule has 30 heavy (non-hydrogen) atoms. The molecule has 0 saturated heterocycles. The van der Waals surface area contributed by atoms with Crippen LogP contribution in [-0.4, -0.2) is 10.7 Å². The van der Waals surface area contributed by atoms with Gasteiger partial charge in [0.25, 0.3) is 0 Å². The topological polar surface area (TPSA) is 37.3 Å². The van der Waals surface area contributed by atoms with Crippen LogP contribution in [0.15, 0.2) is 59.3 Å². The van der Waals surface area contributed by atoms with E-state index in [0.29, 0.717) is 5.92 Å². The predicted octanol–water partition coefficient (Wildman–Crippen LogP) is 6.50. The fourth-order valence-corrected chi connectivity index (χ4v) is 5.59. The van der Waals surface area contributed by atoms with Gasteiger partial charge >= 0.3 is 0 Å². The Morgan fingerprint density at radius 2 is 1.63 bits per heavy atom. The molecule has 156 valence electrons. The van der Waals surface area contributed by atoms with Gasteiger partial charge in [0.2, 0.25) is 0 Å². The molecule has 3 heteroatoms.